The Hall–Kier alpha value is -1.40. The highest BCUT2D eigenvalue weighted by molar-refractivity contribution is 7.08. The first-order valence-electron chi connectivity index (χ1n) is 7.49. The minimum atomic E-state index is -0.901. The van der Waals surface area contributed by atoms with Gasteiger partial charge in [0.05, 0.1) is 17.1 Å². The molecular formula is C17H20ClN3OS. The van der Waals surface area contributed by atoms with Crippen LogP contribution in [-0.4, -0.2) is 21.2 Å². The molecule has 3 aromatic rings. The van der Waals surface area contributed by atoms with Crippen LogP contribution in [0.1, 0.15) is 31.3 Å². The van der Waals surface area contributed by atoms with Crippen molar-refractivity contribution in [2.75, 3.05) is 6.54 Å². The summed E-state index contributed by atoms with van der Waals surface area (Å²) in [6, 6.07) is 7.65. The van der Waals surface area contributed by atoms with Crippen molar-refractivity contribution in [3.8, 4) is 0 Å². The topological polar surface area (TPSA) is 50.1 Å². The first-order valence-corrected chi connectivity index (χ1v) is 8.81. The summed E-state index contributed by atoms with van der Waals surface area (Å²) in [5.41, 5.74) is 1.96. The SMILES string of the molecule is CC(NCC(C)(O)c1ccsc1)c1nc2ccc(Cl)cc2n1C. The largest absolute Gasteiger partial charge is 0.384 e. The van der Waals surface area contributed by atoms with E-state index < -0.39 is 5.60 Å². The minimum absolute atomic E-state index is 0.0105. The van der Waals surface area contributed by atoms with Gasteiger partial charge in [0.15, 0.2) is 0 Å². The van der Waals surface area contributed by atoms with E-state index in [-0.39, 0.29) is 6.04 Å². The van der Waals surface area contributed by atoms with Gasteiger partial charge in [0, 0.05) is 18.6 Å². The molecule has 0 fully saturated rings. The summed E-state index contributed by atoms with van der Waals surface area (Å²) in [4.78, 5) is 4.68. The summed E-state index contributed by atoms with van der Waals surface area (Å²) in [5, 5.41) is 18.6. The maximum absolute atomic E-state index is 10.6. The van der Waals surface area contributed by atoms with Crippen molar-refractivity contribution >= 4 is 34.0 Å². The molecule has 0 aliphatic rings. The Bertz CT molecular complexity index is 811. The molecule has 4 nitrogen and oxygen atoms in total. The second-order valence-corrected chi connectivity index (χ2v) is 7.27. The van der Waals surface area contributed by atoms with E-state index in [9.17, 15) is 5.11 Å². The molecule has 2 N–H and O–H groups in total. The number of thiophene rings is 1. The van der Waals surface area contributed by atoms with Crippen LogP contribution in [-0.2, 0) is 12.6 Å². The number of imidazole rings is 1. The zero-order valence-corrected chi connectivity index (χ0v) is 14.9. The highest BCUT2D eigenvalue weighted by Crippen LogP contribution is 2.25. The number of rotatable bonds is 5. The molecule has 0 radical (unpaired) electrons. The van der Waals surface area contributed by atoms with Gasteiger partial charge in [0.1, 0.15) is 11.4 Å². The summed E-state index contributed by atoms with van der Waals surface area (Å²) in [5.74, 6) is 0.920. The molecule has 2 atom stereocenters. The lowest BCUT2D eigenvalue weighted by Crippen LogP contribution is -2.37. The van der Waals surface area contributed by atoms with Gasteiger partial charge in [-0.25, -0.2) is 4.98 Å². The standard InChI is InChI=1S/C17H20ClN3OS/c1-11(19-10-17(2,22)12-6-7-23-9-12)16-20-14-5-4-13(18)8-15(14)21(16)3/h4-9,11,19,22H,10H2,1-3H3. The monoisotopic (exact) mass is 349 g/mol. The van der Waals surface area contributed by atoms with E-state index in [1.165, 1.54) is 0 Å². The van der Waals surface area contributed by atoms with Gasteiger partial charge in [-0.1, -0.05) is 11.6 Å². The van der Waals surface area contributed by atoms with Crippen LogP contribution in [0.5, 0.6) is 0 Å². The Morgan fingerprint density at radius 1 is 1.43 bits per heavy atom. The van der Waals surface area contributed by atoms with Gasteiger partial charge < -0.3 is 15.0 Å². The van der Waals surface area contributed by atoms with Gasteiger partial charge >= 0.3 is 0 Å². The number of halogens is 1. The van der Waals surface area contributed by atoms with Gasteiger partial charge in [-0.2, -0.15) is 11.3 Å². The van der Waals surface area contributed by atoms with Crippen LogP contribution in [0, 0.1) is 0 Å². The molecule has 1 aromatic carbocycles. The fourth-order valence-electron chi connectivity index (χ4n) is 2.69. The lowest BCUT2D eigenvalue weighted by molar-refractivity contribution is 0.0544. The molecule has 6 heteroatoms. The quantitative estimate of drug-likeness (QED) is 0.735. The Kier molecular flexibility index (Phi) is 4.47. The third-order valence-electron chi connectivity index (χ3n) is 4.16. The molecule has 0 saturated heterocycles. The smallest absolute Gasteiger partial charge is 0.126 e. The first-order chi connectivity index (χ1) is 10.9. The van der Waals surface area contributed by atoms with E-state index in [0.717, 1.165) is 22.4 Å². The molecule has 0 saturated carbocycles. The number of fused-ring (bicyclic) bond motifs is 1. The van der Waals surface area contributed by atoms with Crippen LogP contribution >= 0.6 is 22.9 Å². The van der Waals surface area contributed by atoms with Crippen LogP contribution in [0.15, 0.2) is 35.0 Å². The summed E-state index contributed by atoms with van der Waals surface area (Å²) < 4.78 is 2.04. The summed E-state index contributed by atoms with van der Waals surface area (Å²) in [6.45, 7) is 4.32. The molecule has 0 spiro atoms. The maximum Gasteiger partial charge on any atom is 0.126 e. The number of nitrogens with zero attached hydrogens (tertiary/aromatic N) is 2. The molecule has 23 heavy (non-hydrogen) atoms. The predicted molar refractivity (Wildman–Crippen MR) is 96.0 cm³/mol. The summed E-state index contributed by atoms with van der Waals surface area (Å²) in [7, 11) is 1.98. The fourth-order valence-corrected chi connectivity index (χ4v) is 3.63. The molecule has 3 rings (SSSR count). The Morgan fingerprint density at radius 3 is 2.91 bits per heavy atom. The number of aryl methyl sites for hydroxylation is 1. The van der Waals surface area contributed by atoms with Crippen molar-refractivity contribution in [2.24, 2.45) is 7.05 Å². The average molecular weight is 350 g/mol. The minimum Gasteiger partial charge on any atom is -0.384 e. The van der Waals surface area contributed by atoms with Gasteiger partial charge in [-0.15, -0.1) is 0 Å². The number of nitrogens with one attached hydrogen (secondary N) is 1. The number of benzene rings is 1. The highest BCUT2D eigenvalue weighted by Gasteiger charge is 2.25. The molecule has 2 heterocycles. The van der Waals surface area contributed by atoms with Crippen molar-refractivity contribution in [2.45, 2.75) is 25.5 Å². The van der Waals surface area contributed by atoms with E-state index in [1.807, 2.05) is 60.5 Å². The zero-order chi connectivity index (χ0) is 16.6. The molecule has 2 aromatic heterocycles. The molecule has 122 valence electrons. The van der Waals surface area contributed by atoms with Crippen molar-refractivity contribution < 1.29 is 5.11 Å². The van der Waals surface area contributed by atoms with E-state index in [2.05, 4.69) is 10.3 Å². The molecule has 2 unspecified atom stereocenters. The van der Waals surface area contributed by atoms with Gasteiger partial charge in [-0.05, 0) is 54.4 Å². The van der Waals surface area contributed by atoms with Crippen LogP contribution in [0.25, 0.3) is 11.0 Å². The van der Waals surface area contributed by atoms with Gasteiger partial charge in [-0.3, -0.25) is 0 Å². The van der Waals surface area contributed by atoms with Crippen LogP contribution in [0.2, 0.25) is 5.02 Å². The molecule has 0 amide bonds. The first kappa shape index (κ1) is 16.5. The lowest BCUT2D eigenvalue weighted by Gasteiger charge is -2.25. The zero-order valence-electron chi connectivity index (χ0n) is 13.4. The normalized spacial score (nSPS) is 15.7. The Labute approximate surface area is 144 Å². The number of hydrogen-bond acceptors (Lipinski definition) is 4. The third-order valence-corrected chi connectivity index (χ3v) is 5.08. The molecule has 0 aliphatic carbocycles. The number of hydrogen-bond donors (Lipinski definition) is 2. The van der Waals surface area contributed by atoms with Crippen molar-refractivity contribution in [1.82, 2.24) is 14.9 Å². The lowest BCUT2D eigenvalue weighted by atomic mass is 9.99. The molecule has 0 aliphatic heterocycles. The highest BCUT2D eigenvalue weighted by atomic mass is 35.5. The second kappa shape index (κ2) is 6.24. The summed E-state index contributed by atoms with van der Waals surface area (Å²) >= 11 is 7.66. The van der Waals surface area contributed by atoms with E-state index in [1.54, 1.807) is 11.3 Å². The van der Waals surface area contributed by atoms with Crippen molar-refractivity contribution in [3.05, 3.63) is 51.4 Å². The molecule has 0 bridgehead atoms. The second-order valence-electron chi connectivity index (χ2n) is 6.05. The maximum atomic E-state index is 10.6. The number of aromatic nitrogens is 2. The van der Waals surface area contributed by atoms with Crippen molar-refractivity contribution in [3.63, 3.8) is 0 Å². The number of aliphatic hydroxyl groups is 1. The molecular weight excluding hydrogens is 330 g/mol. The van der Waals surface area contributed by atoms with Crippen LogP contribution in [0.4, 0.5) is 0 Å². The van der Waals surface area contributed by atoms with Crippen LogP contribution in [0.3, 0.4) is 0 Å². The van der Waals surface area contributed by atoms with Crippen LogP contribution < -0.4 is 5.32 Å². The van der Waals surface area contributed by atoms with Gasteiger partial charge in [0.25, 0.3) is 0 Å². The van der Waals surface area contributed by atoms with E-state index in [4.69, 9.17) is 11.6 Å². The Balaban J connectivity index is 1.78. The van der Waals surface area contributed by atoms with Gasteiger partial charge in [0.2, 0.25) is 0 Å². The van der Waals surface area contributed by atoms with Crippen molar-refractivity contribution in [1.29, 1.82) is 0 Å². The average Bonchev–Trinajstić information content (AvgIpc) is 3.15. The Morgan fingerprint density at radius 2 is 2.22 bits per heavy atom. The fraction of sp³-hybridized carbons (Fsp3) is 0.353. The van der Waals surface area contributed by atoms with E-state index >= 15 is 0 Å². The third kappa shape index (κ3) is 3.28. The van der Waals surface area contributed by atoms with E-state index in [0.29, 0.717) is 11.6 Å². The summed E-state index contributed by atoms with van der Waals surface area (Å²) in [6.07, 6.45) is 0. The predicted octanol–water partition coefficient (Wildman–Crippen LogP) is 3.85.